The summed E-state index contributed by atoms with van der Waals surface area (Å²) in [4.78, 5) is 11.6. The fourth-order valence-electron chi connectivity index (χ4n) is 2.09. The van der Waals surface area contributed by atoms with Crippen LogP contribution in [0.1, 0.15) is 20.3 Å². The van der Waals surface area contributed by atoms with E-state index in [1.165, 1.54) is 10.4 Å². The summed E-state index contributed by atoms with van der Waals surface area (Å²) in [5.41, 5.74) is 0. The molecule has 18 heavy (non-hydrogen) atoms. The molecular formula is C15H22O2Si. The minimum Gasteiger partial charge on any atom is -0.463 e. The van der Waals surface area contributed by atoms with Gasteiger partial charge in [0.05, 0.1) is 6.61 Å². The fourth-order valence-corrected chi connectivity index (χ4v) is 4.85. The third kappa shape index (κ3) is 3.57. The van der Waals surface area contributed by atoms with Crippen molar-refractivity contribution in [3.63, 3.8) is 0 Å². The molecule has 0 radical (unpaired) electrons. The molecule has 0 aliphatic rings. The molecule has 0 aromatic heterocycles. The first-order chi connectivity index (χ1) is 8.52. The largest absolute Gasteiger partial charge is 0.463 e. The van der Waals surface area contributed by atoms with E-state index in [-0.39, 0.29) is 5.97 Å². The Labute approximate surface area is 111 Å². The molecule has 0 aliphatic carbocycles. The Balaban J connectivity index is 3.04. The Morgan fingerprint density at radius 2 is 1.83 bits per heavy atom. The van der Waals surface area contributed by atoms with Gasteiger partial charge in [-0.05, 0) is 13.3 Å². The molecule has 0 N–H and O–H groups in total. The number of hydrogen-bond acceptors (Lipinski definition) is 2. The van der Waals surface area contributed by atoms with E-state index < -0.39 is 8.07 Å². The van der Waals surface area contributed by atoms with Crippen LogP contribution in [0.3, 0.4) is 0 Å². The first-order valence-corrected chi connectivity index (χ1v) is 9.45. The van der Waals surface area contributed by atoms with E-state index in [0.29, 0.717) is 6.61 Å². The lowest BCUT2D eigenvalue weighted by atomic mass is 10.4. The van der Waals surface area contributed by atoms with Gasteiger partial charge < -0.3 is 4.74 Å². The van der Waals surface area contributed by atoms with Gasteiger partial charge in [0.2, 0.25) is 0 Å². The predicted molar refractivity (Wildman–Crippen MR) is 78.6 cm³/mol. The summed E-state index contributed by atoms with van der Waals surface area (Å²) >= 11 is 0. The van der Waals surface area contributed by atoms with Gasteiger partial charge in [-0.25, -0.2) is 4.79 Å². The molecule has 0 heterocycles. The maximum atomic E-state index is 11.6. The Morgan fingerprint density at radius 1 is 1.22 bits per heavy atom. The number of allylic oxidation sites excluding steroid dienone is 1. The van der Waals surface area contributed by atoms with E-state index in [0.717, 1.165) is 6.42 Å². The Hall–Kier alpha value is -1.35. The van der Waals surface area contributed by atoms with Crippen molar-refractivity contribution in [3.8, 4) is 0 Å². The highest BCUT2D eigenvalue weighted by atomic mass is 28.3. The smallest absolute Gasteiger partial charge is 0.330 e. The Kier molecular flexibility index (Phi) is 5.35. The molecule has 0 spiro atoms. The average molecular weight is 262 g/mol. The quantitative estimate of drug-likeness (QED) is 0.463. The molecular weight excluding hydrogens is 240 g/mol. The lowest BCUT2D eigenvalue weighted by Crippen LogP contribution is -2.43. The van der Waals surface area contributed by atoms with E-state index in [9.17, 15) is 4.79 Å². The van der Waals surface area contributed by atoms with Crippen molar-refractivity contribution < 1.29 is 9.53 Å². The molecule has 0 saturated carbocycles. The van der Waals surface area contributed by atoms with Gasteiger partial charge in [-0.2, -0.15) is 0 Å². The highest BCUT2D eigenvalue weighted by Gasteiger charge is 2.27. The molecule has 0 bridgehead atoms. The zero-order chi connectivity index (χ0) is 13.6. The van der Waals surface area contributed by atoms with Crippen molar-refractivity contribution in [2.45, 2.75) is 33.4 Å². The second-order valence-corrected chi connectivity index (χ2v) is 9.24. The van der Waals surface area contributed by atoms with E-state index in [1.54, 1.807) is 6.08 Å². The first-order valence-electron chi connectivity index (χ1n) is 6.45. The van der Waals surface area contributed by atoms with Crippen LogP contribution in [-0.2, 0) is 9.53 Å². The normalized spacial score (nSPS) is 12.3. The first kappa shape index (κ1) is 14.7. The molecule has 0 unspecified atom stereocenters. The molecule has 1 aromatic rings. The van der Waals surface area contributed by atoms with Gasteiger partial charge >= 0.3 is 5.97 Å². The van der Waals surface area contributed by atoms with Gasteiger partial charge in [0, 0.05) is 6.08 Å². The van der Waals surface area contributed by atoms with Crippen LogP contribution in [0.4, 0.5) is 0 Å². The van der Waals surface area contributed by atoms with Gasteiger partial charge in [-0.1, -0.05) is 60.7 Å². The van der Waals surface area contributed by atoms with Crippen LogP contribution in [0, 0.1) is 0 Å². The molecule has 0 fully saturated rings. The highest BCUT2D eigenvalue weighted by Crippen LogP contribution is 2.18. The number of rotatable bonds is 5. The van der Waals surface area contributed by atoms with Gasteiger partial charge in [0.1, 0.15) is 8.07 Å². The van der Waals surface area contributed by atoms with Crippen molar-refractivity contribution in [2.75, 3.05) is 6.61 Å². The fraction of sp³-hybridized carbons (Fsp3) is 0.400. The number of benzene rings is 1. The minimum absolute atomic E-state index is 0.217. The van der Waals surface area contributed by atoms with E-state index in [2.05, 4.69) is 44.3 Å². The maximum Gasteiger partial charge on any atom is 0.330 e. The predicted octanol–water partition coefficient (Wildman–Crippen LogP) is 3.04. The second-order valence-electron chi connectivity index (χ2n) is 4.77. The van der Waals surface area contributed by atoms with E-state index >= 15 is 0 Å². The highest BCUT2D eigenvalue weighted by molar-refractivity contribution is 6.95. The molecule has 0 aliphatic heterocycles. The number of esters is 1. The van der Waals surface area contributed by atoms with Crippen molar-refractivity contribution >= 4 is 19.2 Å². The molecule has 1 rings (SSSR count). The third-order valence-electron chi connectivity index (χ3n) is 3.26. The number of carbonyl (C=O) groups is 1. The summed E-state index contributed by atoms with van der Waals surface area (Å²) in [5.74, 6) is -0.217. The van der Waals surface area contributed by atoms with Gasteiger partial charge in [0.25, 0.3) is 0 Å². The molecule has 1 aromatic carbocycles. The van der Waals surface area contributed by atoms with Crippen LogP contribution >= 0.6 is 0 Å². The zero-order valence-corrected chi connectivity index (χ0v) is 12.7. The maximum absolute atomic E-state index is 11.6. The summed E-state index contributed by atoms with van der Waals surface area (Å²) in [7, 11) is -1.74. The lowest BCUT2D eigenvalue weighted by molar-refractivity contribution is -0.137. The number of hydrogen-bond donors (Lipinski definition) is 0. The Morgan fingerprint density at radius 3 is 2.33 bits per heavy atom. The van der Waals surface area contributed by atoms with E-state index in [4.69, 9.17) is 4.74 Å². The minimum atomic E-state index is -1.74. The SMILES string of the molecule is CCOC(=O)/C=C(/CC)[Si](C)(C)c1ccccc1. The molecule has 0 saturated heterocycles. The van der Waals surface area contributed by atoms with Crippen LogP contribution in [0.25, 0.3) is 0 Å². The van der Waals surface area contributed by atoms with Crippen molar-refractivity contribution in [2.24, 2.45) is 0 Å². The standard InChI is InChI=1S/C15H22O2Si/c1-5-13(12-15(16)17-6-2)18(3,4)14-10-8-7-9-11-14/h7-12H,5-6H2,1-4H3/b13-12-. The van der Waals surface area contributed by atoms with Crippen LogP contribution in [0.2, 0.25) is 13.1 Å². The lowest BCUT2D eigenvalue weighted by Gasteiger charge is -2.25. The summed E-state index contributed by atoms with van der Waals surface area (Å²) in [6.45, 7) is 8.91. The van der Waals surface area contributed by atoms with Gasteiger partial charge in [-0.15, -0.1) is 0 Å². The monoisotopic (exact) mass is 262 g/mol. The van der Waals surface area contributed by atoms with Crippen molar-refractivity contribution in [1.82, 2.24) is 0 Å². The molecule has 0 amide bonds. The van der Waals surface area contributed by atoms with Crippen LogP contribution in [0.5, 0.6) is 0 Å². The van der Waals surface area contributed by atoms with Gasteiger partial charge in [-0.3, -0.25) is 0 Å². The molecule has 98 valence electrons. The van der Waals surface area contributed by atoms with Gasteiger partial charge in [0.15, 0.2) is 0 Å². The third-order valence-corrected chi connectivity index (χ3v) is 7.14. The molecule has 0 atom stereocenters. The summed E-state index contributed by atoms with van der Waals surface area (Å²) < 4.78 is 5.01. The number of carbonyl (C=O) groups excluding carboxylic acids is 1. The average Bonchev–Trinajstić information content (AvgIpc) is 2.37. The number of ether oxygens (including phenoxy) is 1. The molecule has 3 heteroatoms. The topological polar surface area (TPSA) is 26.3 Å². The molecule has 2 nitrogen and oxygen atoms in total. The van der Waals surface area contributed by atoms with Crippen LogP contribution in [0.15, 0.2) is 41.6 Å². The van der Waals surface area contributed by atoms with E-state index in [1.807, 2.05) is 13.0 Å². The van der Waals surface area contributed by atoms with Crippen LogP contribution < -0.4 is 5.19 Å². The van der Waals surface area contributed by atoms with Crippen molar-refractivity contribution in [3.05, 3.63) is 41.6 Å². The summed E-state index contributed by atoms with van der Waals surface area (Å²) in [6, 6.07) is 10.4. The Bertz CT molecular complexity index is 421. The zero-order valence-electron chi connectivity index (χ0n) is 11.7. The second kappa shape index (κ2) is 6.54. The van der Waals surface area contributed by atoms with Crippen molar-refractivity contribution in [1.29, 1.82) is 0 Å². The summed E-state index contributed by atoms with van der Waals surface area (Å²) in [5, 5.41) is 2.58. The van der Waals surface area contributed by atoms with Crippen LogP contribution in [-0.4, -0.2) is 20.7 Å². The summed E-state index contributed by atoms with van der Waals surface area (Å²) in [6.07, 6.45) is 2.59.